The molecule has 2 N–H and O–H groups in total. The number of benzene rings is 1. The first-order valence-electron chi connectivity index (χ1n) is 10.5. The molecule has 1 aromatic carbocycles. The second kappa shape index (κ2) is 15.9. The van der Waals surface area contributed by atoms with E-state index in [4.69, 9.17) is 9.47 Å². The molecular weight excluding hydrogens is 479 g/mol. The Morgan fingerprint density at radius 1 is 1.21 bits per heavy atom. The highest BCUT2D eigenvalue weighted by atomic mass is 127. The summed E-state index contributed by atoms with van der Waals surface area (Å²) in [5, 5.41) is 6.84. The summed E-state index contributed by atoms with van der Waals surface area (Å²) < 4.78 is 11.2. The van der Waals surface area contributed by atoms with Gasteiger partial charge in [0, 0.05) is 52.6 Å². The fourth-order valence-electron chi connectivity index (χ4n) is 3.30. The van der Waals surface area contributed by atoms with Crippen LogP contribution in [-0.4, -0.2) is 77.6 Å². The van der Waals surface area contributed by atoms with Gasteiger partial charge in [0.2, 0.25) is 0 Å². The Labute approximate surface area is 193 Å². The minimum atomic E-state index is 0. The average Bonchev–Trinajstić information content (AvgIpc) is 2.73. The van der Waals surface area contributed by atoms with Crippen molar-refractivity contribution in [3.63, 3.8) is 0 Å². The lowest BCUT2D eigenvalue weighted by Gasteiger charge is -2.25. The predicted molar refractivity (Wildman–Crippen MR) is 131 cm³/mol. The van der Waals surface area contributed by atoms with E-state index in [9.17, 15) is 0 Å². The zero-order valence-corrected chi connectivity index (χ0v) is 20.6. The molecule has 7 heteroatoms. The number of nitrogens with one attached hydrogen (secondary N) is 2. The third kappa shape index (κ3) is 11.2. The molecule has 1 saturated heterocycles. The topological polar surface area (TPSA) is 58.1 Å². The Bertz CT molecular complexity index is 551. The molecule has 1 aliphatic rings. The number of aliphatic imine (C=N–C) groups is 1. The highest BCUT2D eigenvalue weighted by Gasteiger charge is 2.14. The molecule has 166 valence electrons. The van der Waals surface area contributed by atoms with Crippen LogP contribution in [0, 0.1) is 5.92 Å². The molecular formula is C22H39IN4O2. The van der Waals surface area contributed by atoms with E-state index in [0.29, 0.717) is 12.0 Å². The van der Waals surface area contributed by atoms with E-state index in [1.165, 1.54) is 5.56 Å². The molecule has 1 unspecified atom stereocenters. The van der Waals surface area contributed by atoms with Crippen molar-refractivity contribution >= 4 is 29.9 Å². The molecule has 29 heavy (non-hydrogen) atoms. The van der Waals surface area contributed by atoms with Gasteiger partial charge in [0.1, 0.15) is 0 Å². The second-order valence-corrected chi connectivity index (χ2v) is 7.67. The Kier molecular flexibility index (Phi) is 14.3. The third-order valence-corrected chi connectivity index (χ3v) is 5.23. The number of ether oxygens (including phenoxy) is 2. The smallest absolute Gasteiger partial charge is 0.191 e. The molecule has 0 bridgehead atoms. The van der Waals surface area contributed by atoms with E-state index in [-0.39, 0.29) is 24.0 Å². The second-order valence-electron chi connectivity index (χ2n) is 7.67. The van der Waals surface area contributed by atoms with Gasteiger partial charge in [-0.05, 0) is 51.3 Å². The van der Waals surface area contributed by atoms with E-state index in [1.807, 2.05) is 7.05 Å². The largest absolute Gasteiger partial charge is 0.381 e. The monoisotopic (exact) mass is 518 g/mol. The van der Waals surface area contributed by atoms with Gasteiger partial charge in [-0.15, -0.1) is 24.0 Å². The van der Waals surface area contributed by atoms with Gasteiger partial charge in [-0.2, -0.15) is 0 Å². The summed E-state index contributed by atoms with van der Waals surface area (Å²) in [6.45, 7) is 5.13. The van der Waals surface area contributed by atoms with E-state index < -0.39 is 0 Å². The van der Waals surface area contributed by atoms with Crippen molar-refractivity contribution in [2.24, 2.45) is 10.9 Å². The van der Waals surface area contributed by atoms with Crippen LogP contribution in [-0.2, 0) is 15.9 Å². The number of likely N-dealkylation sites (N-methyl/N-ethyl adjacent to an activating group) is 1. The van der Waals surface area contributed by atoms with E-state index in [2.05, 4.69) is 65.0 Å². The zero-order chi connectivity index (χ0) is 20.0. The summed E-state index contributed by atoms with van der Waals surface area (Å²) in [6, 6.07) is 11.0. The molecule has 0 aromatic heterocycles. The summed E-state index contributed by atoms with van der Waals surface area (Å²) in [5.74, 6) is 1.52. The van der Waals surface area contributed by atoms with Gasteiger partial charge in [-0.3, -0.25) is 4.99 Å². The average molecular weight is 518 g/mol. The Hall–Kier alpha value is -0.900. The number of hydrogen-bond acceptors (Lipinski definition) is 4. The number of halogens is 1. The van der Waals surface area contributed by atoms with Gasteiger partial charge in [0.25, 0.3) is 0 Å². The molecule has 0 radical (unpaired) electrons. The van der Waals surface area contributed by atoms with Crippen molar-refractivity contribution in [2.45, 2.75) is 31.7 Å². The first-order chi connectivity index (χ1) is 13.7. The van der Waals surface area contributed by atoms with Crippen LogP contribution in [0.2, 0.25) is 0 Å². The van der Waals surface area contributed by atoms with Crippen molar-refractivity contribution in [3.05, 3.63) is 35.9 Å². The highest BCUT2D eigenvalue weighted by molar-refractivity contribution is 14.0. The molecule has 0 spiro atoms. The Balaban J connectivity index is 0.00000420. The van der Waals surface area contributed by atoms with Crippen molar-refractivity contribution in [1.82, 2.24) is 15.5 Å². The van der Waals surface area contributed by atoms with Gasteiger partial charge in [0.15, 0.2) is 5.96 Å². The summed E-state index contributed by atoms with van der Waals surface area (Å²) in [6.07, 6.45) is 4.25. The highest BCUT2D eigenvalue weighted by Crippen LogP contribution is 2.14. The molecule has 1 aliphatic heterocycles. The Morgan fingerprint density at radius 3 is 2.59 bits per heavy atom. The van der Waals surface area contributed by atoms with Gasteiger partial charge < -0.3 is 25.0 Å². The van der Waals surface area contributed by atoms with Gasteiger partial charge >= 0.3 is 0 Å². The maximum atomic E-state index is 5.82. The molecule has 0 saturated carbocycles. The van der Waals surface area contributed by atoms with E-state index in [0.717, 1.165) is 71.2 Å². The van der Waals surface area contributed by atoms with E-state index in [1.54, 1.807) is 0 Å². The number of nitrogens with zero attached hydrogens (tertiary/aromatic N) is 2. The lowest BCUT2D eigenvalue weighted by molar-refractivity contribution is 0.0203. The van der Waals surface area contributed by atoms with Gasteiger partial charge in [0.05, 0.1) is 0 Å². The maximum absolute atomic E-state index is 5.82. The fraction of sp³-hybridized carbons (Fsp3) is 0.682. The third-order valence-electron chi connectivity index (χ3n) is 5.23. The van der Waals surface area contributed by atoms with Crippen LogP contribution in [0.5, 0.6) is 0 Å². The molecule has 2 rings (SSSR count). The van der Waals surface area contributed by atoms with Crippen molar-refractivity contribution in [3.8, 4) is 0 Å². The van der Waals surface area contributed by atoms with Crippen LogP contribution < -0.4 is 10.6 Å². The Morgan fingerprint density at radius 2 is 1.93 bits per heavy atom. The van der Waals surface area contributed by atoms with Crippen LogP contribution in [0.4, 0.5) is 0 Å². The van der Waals surface area contributed by atoms with Crippen LogP contribution in [0.1, 0.15) is 24.8 Å². The summed E-state index contributed by atoms with van der Waals surface area (Å²) in [4.78, 5) is 6.60. The van der Waals surface area contributed by atoms with Crippen LogP contribution in [0.15, 0.2) is 35.3 Å². The molecule has 1 fully saturated rings. The number of rotatable bonds is 11. The predicted octanol–water partition coefficient (Wildman–Crippen LogP) is 2.78. The van der Waals surface area contributed by atoms with Crippen LogP contribution in [0.3, 0.4) is 0 Å². The minimum Gasteiger partial charge on any atom is -0.381 e. The number of guanidine groups is 1. The minimum absolute atomic E-state index is 0. The normalized spacial score (nSPS) is 16.3. The lowest BCUT2D eigenvalue weighted by atomic mass is 10.0. The molecule has 0 aliphatic carbocycles. The summed E-state index contributed by atoms with van der Waals surface area (Å²) >= 11 is 0. The van der Waals surface area contributed by atoms with E-state index >= 15 is 0 Å². The van der Waals surface area contributed by atoms with Crippen molar-refractivity contribution in [2.75, 3.05) is 60.7 Å². The number of hydrogen-bond donors (Lipinski definition) is 2. The van der Waals surface area contributed by atoms with Crippen molar-refractivity contribution in [1.29, 1.82) is 0 Å². The standard InChI is InChI=1S/C22H38N4O2.HI/c1-23-22(24-12-7-13-28-18-20-10-14-27-15-11-20)25-17-21(26(2)3)16-19-8-5-4-6-9-19;/h4-6,8-9,20-21H,7,10-18H2,1-3H3,(H2,23,24,25);1H. The molecule has 0 amide bonds. The summed E-state index contributed by atoms with van der Waals surface area (Å²) in [7, 11) is 6.07. The van der Waals surface area contributed by atoms with Crippen molar-refractivity contribution < 1.29 is 9.47 Å². The first-order valence-corrected chi connectivity index (χ1v) is 10.5. The fourth-order valence-corrected chi connectivity index (χ4v) is 3.30. The molecule has 1 aromatic rings. The zero-order valence-electron chi connectivity index (χ0n) is 18.2. The van der Waals surface area contributed by atoms with Crippen LogP contribution in [0.25, 0.3) is 0 Å². The van der Waals surface area contributed by atoms with Gasteiger partial charge in [-0.1, -0.05) is 30.3 Å². The van der Waals surface area contributed by atoms with Gasteiger partial charge in [-0.25, -0.2) is 0 Å². The maximum Gasteiger partial charge on any atom is 0.191 e. The summed E-state index contributed by atoms with van der Waals surface area (Å²) in [5.41, 5.74) is 1.35. The molecule has 6 nitrogen and oxygen atoms in total. The quantitative estimate of drug-likeness (QED) is 0.204. The first kappa shape index (κ1) is 26.1. The molecule has 1 heterocycles. The molecule has 1 atom stereocenters. The lowest BCUT2D eigenvalue weighted by Crippen LogP contribution is -2.46. The SMILES string of the molecule is CN=C(NCCCOCC1CCOCC1)NCC(Cc1ccccc1)N(C)C.I. The van der Waals surface area contributed by atoms with Crippen LogP contribution >= 0.6 is 24.0 Å².